The molecule has 2 nitrogen and oxygen atoms in total. The Hall–Kier alpha value is -0.500. The van der Waals surface area contributed by atoms with E-state index in [1.165, 1.54) is 0 Å². The highest BCUT2D eigenvalue weighted by Crippen LogP contribution is 2.24. The zero-order valence-corrected chi connectivity index (χ0v) is 8.43. The Labute approximate surface area is 77.9 Å². The van der Waals surface area contributed by atoms with Crippen LogP contribution >= 0.6 is 11.6 Å². The summed E-state index contributed by atoms with van der Waals surface area (Å²) < 4.78 is 5.45. The molecule has 0 saturated heterocycles. The average molecular weight is 188 g/mol. The molecule has 0 spiro atoms. The number of nitrogens with zero attached hydrogens (tertiary/aromatic N) is 1. The van der Waals surface area contributed by atoms with E-state index in [1.54, 1.807) is 6.20 Å². The Morgan fingerprint density at radius 2 is 2.25 bits per heavy atom. The highest BCUT2D eigenvalue weighted by Gasteiger charge is 2.12. The second kappa shape index (κ2) is 3.94. The zero-order chi connectivity index (χ0) is 9.14. The summed E-state index contributed by atoms with van der Waals surface area (Å²) in [4.78, 5) is 4.09. The highest BCUT2D eigenvalue weighted by molar-refractivity contribution is 6.20. The second-order valence-corrected chi connectivity index (χ2v) is 3.68. The van der Waals surface area contributed by atoms with Crippen LogP contribution in [-0.4, -0.2) is 4.98 Å². The van der Waals surface area contributed by atoms with E-state index in [0.29, 0.717) is 11.8 Å². The molecule has 68 valence electrons. The molecule has 2 unspecified atom stereocenters. The fraction of sp³-hybridized carbons (Fsp3) is 0.667. The largest absolute Gasteiger partial charge is 0.444 e. The fourth-order valence-corrected chi connectivity index (χ4v) is 1.01. The van der Waals surface area contributed by atoms with Gasteiger partial charge in [0.2, 0.25) is 5.89 Å². The quantitative estimate of drug-likeness (QED) is 0.678. The first kappa shape index (κ1) is 9.59. The van der Waals surface area contributed by atoms with Gasteiger partial charge >= 0.3 is 0 Å². The molecular weight excluding hydrogens is 174 g/mol. The first-order valence-corrected chi connectivity index (χ1v) is 4.68. The molecule has 12 heavy (non-hydrogen) atoms. The van der Waals surface area contributed by atoms with Crippen LogP contribution in [0.5, 0.6) is 0 Å². The summed E-state index contributed by atoms with van der Waals surface area (Å²) in [5, 5.41) is -0.136. The van der Waals surface area contributed by atoms with Gasteiger partial charge in [-0.1, -0.05) is 13.8 Å². The molecule has 1 rings (SSSR count). The van der Waals surface area contributed by atoms with Gasteiger partial charge in [0.15, 0.2) is 0 Å². The van der Waals surface area contributed by atoms with E-state index >= 15 is 0 Å². The Morgan fingerprint density at radius 1 is 1.58 bits per heavy atom. The van der Waals surface area contributed by atoms with Crippen LogP contribution in [0, 0.1) is 0 Å². The zero-order valence-electron chi connectivity index (χ0n) is 7.67. The van der Waals surface area contributed by atoms with Crippen molar-refractivity contribution in [2.24, 2.45) is 0 Å². The summed E-state index contributed by atoms with van der Waals surface area (Å²) in [7, 11) is 0. The third kappa shape index (κ3) is 2.01. The molecule has 0 N–H and O–H groups in total. The van der Waals surface area contributed by atoms with Gasteiger partial charge in [-0.15, -0.1) is 11.6 Å². The van der Waals surface area contributed by atoms with Gasteiger partial charge in [-0.25, -0.2) is 4.98 Å². The summed E-state index contributed by atoms with van der Waals surface area (Å²) in [6.45, 7) is 6.09. The average Bonchev–Trinajstić information content (AvgIpc) is 2.51. The maximum absolute atomic E-state index is 5.81. The van der Waals surface area contributed by atoms with Crippen molar-refractivity contribution in [1.29, 1.82) is 0 Å². The monoisotopic (exact) mass is 187 g/mol. The first-order valence-electron chi connectivity index (χ1n) is 4.24. The molecule has 0 aliphatic carbocycles. The fourth-order valence-electron chi connectivity index (χ4n) is 0.914. The normalized spacial score (nSPS) is 16.0. The maximum atomic E-state index is 5.81. The number of rotatable bonds is 3. The lowest BCUT2D eigenvalue weighted by molar-refractivity contribution is 0.428. The van der Waals surface area contributed by atoms with Crippen LogP contribution in [0.2, 0.25) is 0 Å². The van der Waals surface area contributed by atoms with Gasteiger partial charge in [0, 0.05) is 5.92 Å². The van der Waals surface area contributed by atoms with Gasteiger partial charge in [0.05, 0.1) is 6.20 Å². The lowest BCUT2D eigenvalue weighted by Gasteiger charge is -2.02. The summed E-state index contributed by atoms with van der Waals surface area (Å²) in [5.74, 6) is 1.98. The smallest absolute Gasteiger partial charge is 0.212 e. The van der Waals surface area contributed by atoms with E-state index < -0.39 is 0 Å². The van der Waals surface area contributed by atoms with Crippen LogP contribution in [0.1, 0.15) is 50.1 Å². The van der Waals surface area contributed by atoms with Crippen molar-refractivity contribution in [1.82, 2.24) is 4.98 Å². The lowest BCUT2D eigenvalue weighted by atomic mass is 10.1. The summed E-state index contributed by atoms with van der Waals surface area (Å²) in [6, 6.07) is 0. The summed E-state index contributed by atoms with van der Waals surface area (Å²) in [5.41, 5.74) is 0. The Bertz CT molecular complexity index is 244. The second-order valence-electron chi connectivity index (χ2n) is 3.03. The molecule has 0 aliphatic rings. The maximum Gasteiger partial charge on any atom is 0.212 e. The number of hydrogen-bond donors (Lipinski definition) is 0. The molecule has 0 amide bonds. The summed E-state index contributed by atoms with van der Waals surface area (Å²) in [6.07, 6.45) is 2.83. The van der Waals surface area contributed by atoms with Crippen molar-refractivity contribution in [2.45, 2.75) is 38.5 Å². The van der Waals surface area contributed by atoms with E-state index in [-0.39, 0.29) is 5.38 Å². The molecule has 0 bridgehead atoms. The highest BCUT2D eigenvalue weighted by atomic mass is 35.5. The Kier molecular flexibility index (Phi) is 3.15. The SMILES string of the molecule is CCC(C)c1cnc(C(C)Cl)o1. The third-order valence-electron chi connectivity index (χ3n) is 1.98. The lowest BCUT2D eigenvalue weighted by Crippen LogP contribution is -1.87. The van der Waals surface area contributed by atoms with Crippen LogP contribution in [0.4, 0.5) is 0 Å². The first-order chi connectivity index (χ1) is 5.65. The molecule has 0 saturated carbocycles. The minimum absolute atomic E-state index is 0.136. The van der Waals surface area contributed by atoms with Gasteiger partial charge in [0.1, 0.15) is 11.1 Å². The van der Waals surface area contributed by atoms with Gasteiger partial charge in [-0.2, -0.15) is 0 Å². The van der Waals surface area contributed by atoms with Crippen LogP contribution < -0.4 is 0 Å². The van der Waals surface area contributed by atoms with Crippen molar-refractivity contribution in [3.05, 3.63) is 17.8 Å². The Morgan fingerprint density at radius 3 is 2.67 bits per heavy atom. The van der Waals surface area contributed by atoms with E-state index in [0.717, 1.165) is 12.2 Å². The Balaban J connectivity index is 2.77. The van der Waals surface area contributed by atoms with Crippen LogP contribution in [0.3, 0.4) is 0 Å². The molecule has 0 fully saturated rings. The molecule has 0 aliphatic heterocycles. The van der Waals surface area contributed by atoms with Gasteiger partial charge in [-0.05, 0) is 13.3 Å². The predicted molar refractivity (Wildman–Crippen MR) is 49.5 cm³/mol. The minimum atomic E-state index is -0.136. The third-order valence-corrected chi connectivity index (χ3v) is 2.17. The topological polar surface area (TPSA) is 26.0 Å². The number of alkyl halides is 1. The van der Waals surface area contributed by atoms with Crippen molar-refractivity contribution in [3.8, 4) is 0 Å². The van der Waals surface area contributed by atoms with E-state index in [2.05, 4.69) is 18.8 Å². The molecule has 2 atom stereocenters. The molecule has 1 aromatic heterocycles. The van der Waals surface area contributed by atoms with Crippen molar-refractivity contribution in [2.75, 3.05) is 0 Å². The van der Waals surface area contributed by atoms with Gasteiger partial charge < -0.3 is 4.42 Å². The predicted octanol–water partition coefficient (Wildman–Crippen LogP) is 3.49. The van der Waals surface area contributed by atoms with Crippen LogP contribution in [0.15, 0.2) is 10.6 Å². The molecule has 1 heterocycles. The molecule has 0 aromatic carbocycles. The molecule has 0 radical (unpaired) electrons. The van der Waals surface area contributed by atoms with E-state index in [4.69, 9.17) is 16.0 Å². The number of halogens is 1. The van der Waals surface area contributed by atoms with E-state index in [9.17, 15) is 0 Å². The molecular formula is C9H14ClNO. The van der Waals surface area contributed by atoms with Crippen LogP contribution in [0.25, 0.3) is 0 Å². The van der Waals surface area contributed by atoms with E-state index in [1.807, 2.05) is 6.92 Å². The number of hydrogen-bond acceptors (Lipinski definition) is 2. The number of oxazole rings is 1. The number of aromatic nitrogens is 1. The molecule has 3 heteroatoms. The van der Waals surface area contributed by atoms with Crippen molar-refractivity contribution in [3.63, 3.8) is 0 Å². The molecule has 1 aromatic rings. The minimum Gasteiger partial charge on any atom is -0.444 e. The standard InChI is InChI=1S/C9H14ClNO/c1-4-6(2)8-5-11-9(12-8)7(3)10/h5-7H,4H2,1-3H3. The summed E-state index contributed by atoms with van der Waals surface area (Å²) >= 11 is 5.81. The van der Waals surface area contributed by atoms with Crippen molar-refractivity contribution < 1.29 is 4.42 Å². The van der Waals surface area contributed by atoms with Gasteiger partial charge in [0.25, 0.3) is 0 Å². The van der Waals surface area contributed by atoms with Crippen molar-refractivity contribution >= 4 is 11.6 Å². The van der Waals surface area contributed by atoms with Gasteiger partial charge in [-0.3, -0.25) is 0 Å². The van der Waals surface area contributed by atoms with Crippen LogP contribution in [-0.2, 0) is 0 Å².